The van der Waals surface area contributed by atoms with Gasteiger partial charge in [-0.3, -0.25) is 0 Å². The minimum Gasteiger partial charge on any atom is -0.372 e. The molecule has 0 bridgehead atoms. The normalized spacial score (nSPS) is 10.1. The predicted molar refractivity (Wildman–Crippen MR) is 66.2 cm³/mol. The first-order valence-electron chi connectivity index (χ1n) is 5.09. The van der Waals surface area contributed by atoms with Gasteiger partial charge >= 0.3 is 0 Å². The average Bonchev–Trinajstić information content (AvgIpc) is 2.29. The SMILES string of the molecule is CNc1nc(N)nc(C)c1-c1ccccc1. The highest BCUT2D eigenvalue weighted by Gasteiger charge is 2.10. The van der Waals surface area contributed by atoms with Crippen molar-refractivity contribution in [2.45, 2.75) is 6.92 Å². The zero-order valence-electron chi connectivity index (χ0n) is 9.36. The molecule has 0 aliphatic carbocycles. The first kappa shape index (κ1) is 10.4. The summed E-state index contributed by atoms with van der Waals surface area (Å²) in [6.07, 6.45) is 0. The molecule has 0 atom stereocenters. The van der Waals surface area contributed by atoms with Crippen molar-refractivity contribution in [1.29, 1.82) is 0 Å². The summed E-state index contributed by atoms with van der Waals surface area (Å²) in [6, 6.07) is 10.0. The molecule has 0 saturated carbocycles. The quantitative estimate of drug-likeness (QED) is 0.803. The fourth-order valence-electron chi connectivity index (χ4n) is 1.73. The van der Waals surface area contributed by atoms with Crippen LogP contribution in [0.5, 0.6) is 0 Å². The van der Waals surface area contributed by atoms with Crippen LogP contribution in [0.25, 0.3) is 11.1 Å². The fourth-order valence-corrected chi connectivity index (χ4v) is 1.73. The van der Waals surface area contributed by atoms with E-state index in [1.165, 1.54) is 0 Å². The molecular formula is C12H14N4. The topological polar surface area (TPSA) is 63.8 Å². The van der Waals surface area contributed by atoms with Crippen LogP contribution in [-0.4, -0.2) is 17.0 Å². The monoisotopic (exact) mass is 214 g/mol. The number of aryl methyl sites for hydroxylation is 1. The van der Waals surface area contributed by atoms with Crippen molar-refractivity contribution in [3.63, 3.8) is 0 Å². The van der Waals surface area contributed by atoms with E-state index >= 15 is 0 Å². The maximum atomic E-state index is 5.62. The third-order valence-electron chi connectivity index (χ3n) is 2.41. The van der Waals surface area contributed by atoms with E-state index in [9.17, 15) is 0 Å². The van der Waals surface area contributed by atoms with Gasteiger partial charge in [0.2, 0.25) is 5.95 Å². The summed E-state index contributed by atoms with van der Waals surface area (Å²) in [4.78, 5) is 8.37. The maximum absolute atomic E-state index is 5.62. The standard InChI is InChI=1S/C12H14N4/c1-8-10(9-6-4-3-5-7-9)11(14-2)16-12(13)15-8/h3-7H,1-2H3,(H3,13,14,15,16). The highest BCUT2D eigenvalue weighted by molar-refractivity contribution is 5.77. The maximum Gasteiger partial charge on any atom is 0.222 e. The number of benzene rings is 1. The number of aromatic nitrogens is 2. The second kappa shape index (κ2) is 4.18. The number of hydrogen-bond donors (Lipinski definition) is 2. The molecule has 82 valence electrons. The molecule has 0 radical (unpaired) electrons. The summed E-state index contributed by atoms with van der Waals surface area (Å²) in [7, 11) is 1.83. The van der Waals surface area contributed by atoms with Gasteiger partial charge in [-0.05, 0) is 12.5 Å². The molecule has 16 heavy (non-hydrogen) atoms. The van der Waals surface area contributed by atoms with E-state index in [1.54, 1.807) is 0 Å². The Labute approximate surface area is 94.5 Å². The van der Waals surface area contributed by atoms with E-state index in [2.05, 4.69) is 15.3 Å². The second-order valence-electron chi connectivity index (χ2n) is 3.51. The first-order valence-corrected chi connectivity index (χ1v) is 5.09. The Morgan fingerprint density at radius 2 is 1.81 bits per heavy atom. The van der Waals surface area contributed by atoms with E-state index in [1.807, 2.05) is 44.3 Å². The third-order valence-corrected chi connectivity index (χ3v) is 2.41. The predicted octanol–water partition coefficient (Wildman–Crippen LogP) is 2.08. The van der Waals surface area contributed by atoms with Crippen molar-refractivity contribution < 1.29 is 0 Å². The summed E-state index contributed by atoms with van der Waals surface area (Å²) in [5, 5.41) is 3.04. The molecule has 2 rings (SSSR count). The van der Waals surface area contributed by atoms with Gasteiger partial charge in [-0.15, -0.1) is 0 Å². The molecule has 0 aliphatic heterocycles. The molecule has 0 saturated heterocycles. The molecule has 1 aromatic carbocycles. The number of nitrogen functional groups attached to an aromatic ring is 1. The highest BCUT2D eigenvalue weighted by atomic mass is 15.1. The van der Waals surface area contributed by atoms with Gasteiger partial charge in [-0.1, -0.05) is 30.3 Å². The van der Waals surface area contributed by atoms with Gasteiger partial charge in [0.05, 0.1) is 5.69 Å². The molecular weight excluding hydrogens is 200 g/mol. The van der Waals surface area contributed by atoms with Crippen LogP contribution in [0.3, 0.4) is 0 Å². The Kier molecular flexibility index (Phi) is 2.72. The van der Waals surface area contributed by atoms with Crippen LogP contribution in [0, 0.1) is 6.92 Å². The van der Waals surface area contributed by atoms with Gasteiger partial charge in [0.25, 0.3) is 0 Å². The van der Waals surface area contributed by atoms with E-state index in [0.29, 0.717) is 5.95 Å². The Balaban J connectivity index is 2.64. The zero-order chi connectivity index (χ0) is 11.5. The summed E-state index contributed by atoms with van der Waals surface area (Å²) in [5.74, 6) is 1.05. The molecule has 1 aromatic heterocycles. The van der Waals surface area contributed by atoms with E-state index in [-0.39, 0.29) is 0 Å². The van der Waals surface area contributed by atoms with E-state index < -0.39 is 0 Å². The molecule has 4 heteroatoms. The van der Waals surface area contributed by atoms with Gasteiger partial charge in [0, 0.05) is 12.6 Å². The lowest BCUT2D eigenvalue weighted by molar-refractivity contribution is 1.12. The van der Waals surface area contributed by atoms with Gasteiger partial charge in [0.15, 0.2) is 0 Å². The number of nitrogens with one attached hydrogen (secondary N) is 1. The van der Waals surface area contributed by atoms with Crippen molar-refractivity contribution >= 4 is 11.8 Å². The zero-order valence-corrected chi connectivity index (χ0v) is 9.36. The Morgan fingerprint density at radius 1 is 1.12 bits per heavy atom. The smallest absolute Gasteiger partial charge is 0.222 e. The van der Waals surface area contributed by atoms with Crippen LogP contribution in [0.2, 0.25) is 0 Å². The van der Waals surface area contributed by atoms with Gasteiger partial charge in [-0.25, -0.2) is 4.98 Å². The Morgan fingerprint density at radius 3 is 2.44 bits per heavy atom. The molecule has 0 spiro atoms. The van der Waals surface area contributed by atoms with E-state index in [0.717, 1.165) is 22.6 Å². The highest BCUT2D eigenvalue weighted by Crippen LogP contribution is 2.28. The molecule has 0 fully saturated rings. The third kappa shape index (κ3) is 1.82. The van der Waals surface area contributed by atoms with Gasteiger partial charge < -0.3 is 11.1 Å². The average molecular weight is 214 g/mol. The lowest BCUT2D eigenvalue weighted by atomic mass is 10.1. The number of rotatable bonds is 2. The fraction of sp³-hybridized carbons (Fsp3) is 0.167. The summed E-state index contributed by atoms with van der Waals surface area (Å²) in [6.45, 7) is 1.93. The first-order chi connectivity index (χ1) is 7.72. The minimum atomic E-state index is 0.293. The van der Waals surface area contributed by atoms with Gasteiger partial charge in [0.1, 0.15) is 5.82 Å². The lowest BCUT2D eigenvalue weighted by Crippen LogP contribution is -2.04. The Bertz CT molecular complexity index is 494. The number of hydrogen-bond acceptors (Lipinski definition) is 4. The largest absolute Gasteiger partial charge is 0.372 e. The summed E-state index contributed by atoms with van der Waals surface area (Å²) in [5.41, 5.74) is 8.58. The van der Waals surface area contributed by atoms with Crippen LogP contribution in [-0.2, 0) is 0 Å². The molecule has 0 unspecified atom stereocenters. The van der Waals surface area contributed by atoms with Crippen LogP contribution < -0.4 is 11.1 Å². The molecule has 4 nitrogen and oxygen atoms in total. The number of anilines is 2. The van der Waals surface area contributed by atoms with Crippen molar-refractivity contribution in [3.05, 3.63) is 36.0 Å². The number of nitrogens with zero attached hydrogens (tertiary/aromatic N) is 2. The van der Waals surface area contributed by atoms with Crippen LogP contribution in [0.4, 0.5) is 11.8 Å². The molecule has 3 N–H and O–H groups in total. The molecule has 1 heterocycles. The summed E-state index contributed by atoms with van der Waals surface area (Å²) >= 11 is 0. The van der Waals surface area contributed by atoms with Crippen molar-refractivity contribution in [2.75, 3.05) is 18.1 Å². The molecule has 0 aliphatic rings. The van der Waals surface area contributed by atoms with Crippen LogP contribution in [0.1, 0.15) is 5.69 Å². The molecule has 0 amide bonds. The van der Waals surface area contributed by atoms with Crippen molar-refractivity contribution in [2.24, 2.45) is 0 Å². The van der Waals surface area contributed by atoms with Crippen molar-refractivity contribution in [3.8, 4) is 11.1 Å². The second-order valence-corrected chi connectivity index (χ2v) is 3.51. The Hall–Kier alpha value is -2.10. The molecule has 2 aromatic rings. The van der Waals surface area contributed by atoms with E-state index in [4.69, 9.17) is 5.73 Å². The number of nitrogens with two attached hydrogens (primary N) is 1. The van der Waals surface area contributed by atoms with Crippen molar-refractivity contribution in [1.82, 2.24) is 9.97 Å². The van der Waals surface area contributed by atoms with Crippen LogP contribution >= 0.6 is 0 Å². The summed E-state index contributed by atoms with van der Waals surface area (Å²) < 4.78 is 0. The van der Waals surface area contributed by atoms with Gasteiger partial charge in [-0.2, -0.15) is 4.98 Å². The minimum absolute atomic E-state index is 0.293. The lowest BCUT2D eigenvalue weighted by Gasteiger charge is -2.11. The van der Waals surface area contributed by atoms with Crippen LogP contribution in [0.15, 0.2) is 30.3 Å².